The lowest BCUT2D eigenvalue weighted by Gasteiger charge is -2.23. The van der Waals surface area contributed by atoms with Crippen molar-refractivity contribution >= 4 is 5.82 Å². The summed E-state index contributed by atoms with van der Waals surface area (Å²) in [4.78, 5) is 5.54. The highest BCUT2D eigenvalue weighted by atomic mass is 19.1. The monoisotopic (exact) mass is 214 g/mol. The van der Waals surface area contributed by atoms with Gasteiger partial charge in [-0.25, -0.2) is 13.8 Å². The molecule has 1 aliphatic rings. The van der Waals surface area contributed by atoms with Crippen molar-refractivity contribution in [3.05, 3.63) is 24.1 Å². The van der Waals surface area contributed by atoms with E-state index in [1.54, 1.807) is 4.90 Å². The molecule has 2 rings (SSSR count). The van der Waals surface area contributed by atoms with Gasteiger partial charge in [-0.3, -0.25) is 0 Å². The number of nitrogens with zero attached hydrogens (tertiary/aromatic N) is 2. The van der Waals surface area contributed by atoms with E-state index >= 15 is 0 Å². The van der Waals surface area contributed by atoms with Gasteiger partial charge in [0, 0.05) is 6.42 Å². The smallest absolute Gasteiger partial charge is 0.141 e. The summed E-state index contributed by atoms with van der Waals surface area (Å²) in [6.45, 7) is 0.101. The molecule has 0 aliphatic carbocycles. The molecule has 0 spiro atoms. The van der Waals surface area contributed by atoms with Gasteiger partial charge in [-0.2, -0.15) is 0 Å². The number of aliphatic hydroxyl groups excluding tert-OH is 1. The van der Waals surface area contributed by atoms with Gasteiger partial charge < -0.3 is 10.0 Å². The van der Waals surface area contributed by atoms with E-state index in [9.17, 15) is 8.78 Å². The molecule has 0 aromatic carbocycles. The molecule has 0 bridgehead atoms. The molecule has 0 radical (unpaired) electrons. The molecule has 2 atom stereocenters. The highest BCUT2D eigenvalue weighted by Crippen LogP contribution is 2.25. The van der Waals surface area contributed by atoms with Crippen LogP contribution in [0.3, 0.4) is 0 Å². The third-order valence-corrected chi connectivity index (χ3v) is 2.58. The highest BCUT2D eigenvalue weighted by molar-refractivity contribution is 5.41. The summed E-state index contributed by atoms with van der Waals surface area (Å²) in [5.41, 5.74) is 0. The molecule has 1 saturated heterocycles. The molecule has 0 unspecified atom stereocenters. The quantitative estimate of drug-likeness (QED) is 0.801. The molecule has 0 amide bonds. The molecule has 0 saturated carbocycles. The lowest BCUT2D eigenvalue weighted by molar-refractivity contribution is 0.255. The fraction of sp³-hybridized carbons (Fsp3) is 0.500. The second kappa shape index (κ2) is 4.10. The number of anilines is 1. The minimum Gasteiger partial charge on any atom is -0.394 e. The third kappa shape index (κ3) is 2.07. The minimum absolute atomic E-state index is 0.112. The lowest BCUT2D eigenvalue weighted by Crippen LogP contribution is -2.32. The fourth-order valence-electron chi connectivity index (χ4n) is 1.85. The second-order valence-electron chi connectivity index (χ2n) is 3.66. The Morgan fingerprint density at radius 2 is 2.33 bits per heavy atom. The Morgan fingerprint density at radius 1 is 1.53 bits per heavy atom. The van der Waals surface area contributed by atoms with E-state index < -0.39 is 12.0 Å². The molecule has 15 heavy (non-hydrogen) atoms. The summed E-state index contributed by atoms with van der Waals surface area (Å²) < 4.78 is 25.7. The summed E-state index contributed by atoms with van der Waals surface area (Å²) in [7, 11) is 0. The number of halogens is 2. The summed E-state index contributed by atoms with van der Waals surface area (Å²) in [5, 5.41) is 9.06. The van der Waals surface area contributed by atoms with Gasteiger partial charge in [-0.1, -0.05) is 0 Å². The maximum atomic E-state index is 13.1. The van der Waals surface area contributed by atoms with Gasteiger partial charge in [-0.05, 0) is 12.1 Å². The first kappa shape index (κ1) is 10.3. The van der Waals surface area contributed by atoms with E-state index in [4.69, 9.17) is 5.11 Å². The van der Waals surface area contributed by atoms with Crippen LogP contribution in [0.15, 0.2) is 18.3 Å². The van der Waals surface area contributed by atoms with Crippen molar-refractivity contribution in [2.75, 3.05) is 18.1 Å². The summed E-state index contributed by atoms with van der Waals surface area (Å²) in [6, 6.07) is 2.52. The summed E-state index contributed by atoms with van der Waals surface area (Å²) in [6.07, 6.45) is 0.444. The Kier molecular flexibility index (Phi) is 2.81. The maximum absolute atomic E-state index is 13.1. The molecule has 1 aliphatic heterocycles. The van der Waals surface area contributed by atoms with Crippen LogP contribution in [0.1, 0.15) is 6.42 Å². The van der Waals surface area contributed by atoms with Crippen molar-refractivity contribution in [2.24, 2.45) is 0 Å². The van der Waals surface area contributed by atoms with Crippen molar-refractivity contribution in [1.29, 1.82) is 0 Å². The summed E-state index contributed by atoms with van der Waals surface area (Å²) >= 11 is 0. The Labute approximate surface area is 86.4 Å². The van der Waals surface area contributed by atoms with Crippen molar-refractivity contribution in [3.63, 3.8) is 0 Å². The summed E-state index contributed by atoms with van der Waals surface area (Å²) in [5.74, 6) is 0.0888. The van der Waals surface area contributed by atoms with Crippen molar-refractivity contribution in [2.45, 2.75) is 18.6 Å². The molecular formula is C10H12F2N2O. The SMILES string of the molecule is OC[C@@H]1C[C@H](F)CN1c1ccc(F)cn1. The topological polar surface area (TPSA) is 36.4 Å². The first-order valence-electron chi connectivity index (χ1n) is 4.84. The normalized spacial score (nSPS) is 25.9. The van der Waals surface area contributed by atoms with Crippen LogP contribution in [-0.4, -0.2) is 35.5 Å². The number of alkyl halides is 1. The van der Waals surface area contributed by atoms with E-state index in [0.29, 0.717) is 12.2 Å². The second-order valence-corrected chi connectivity index (χ2v) is 3.66. The molecule has 5 heteroatoms. The van der Waals surface area contributed by atoms with Crippen LogP contribution in [0.25, 0.3) is 0 Å². The number of hydrogen-bond acceptors (Lipinski definition) is 3. The van der Waals surface area contributed by atoms with Gasteiger partial charge in [0.25, 0.3) is 0 Å². The molecule has 1 fully saturated rings. The van der Waals surface area contributed by atoms with E-state index in [2.05, 4.69) is 4.98 Å². The highest BCUT2D eigenvalue weighted by Gasteiger charge is 2.32. The number of rotatable bonds is 2. The van der Waals surface area contributed by atoms with Gasteiger partial charge in [0.1, 0.15) is 17.8 Å². The van der Waals surface area contributed by atoms with Crippen molar-refractivity contribution in [1.82, 2.24) is 4.98 Å². The van der Waals surface area contributed by atoms with Crippen LogP contribution in [0.2, 0.25) is 0 Å². The average molecular weight is 214 g/mol. The van der Waals surface area contributed by atoms with Gasteiger partial charge in [0.15, 0.2) is 0 Å². The molecular weight excluding hydrogens is 202 g/mol. The van der Waals surface area contributed by atoms with Crippen LogP contribution < -0.4 is 4.90 Å². The third-order valence-electron chi connectivity index (χ3n) is 2.58. The number of pyridine rings is 1. The first-order valence-corrected chi connectivity index (χ1v) is 4.84. The van der Waals surface area contributed by atoms with E-state index in [1.807, 2.05) is 0 Å². The predicted molar refractivity (Wildman–Crippen MR) is 51.9 cm³/mol. The molecule has 1 aromatic rings. The zero-order chi connectivity index (χ0) is 10.8. The van der Waals surface area contributed by atoms with Gasteiger partial charge in [-0.15, -0.1) is 0 Å². The largest absolute Gasteiger partial charge is 0.394 e. The van der Waals surface area contributed by atoms with Crippen LogP contribution in [0.4, 0.5) is 14.6 Å². The van der Waals surface area contributed by atoms with E-state index in [0.717, 1.165) is 6.20 Å². The van der Waals surface area contributed by atoms with Crippen molar-refractivity contribution in [3.8, 4) is 0 Å². The first-order chi connectivity index (χ1) is 7.20. The molecule has 1 N–H and O–H groups in total. The molecule has 82 valence electrons. The Bertz CT molecular complexity index is 331. The molecule has 1 aromatic heterocycles. The zero-order valence-electron chi connectivity index (χ0n) is 8.11. The van der Waals surface area contributed by atoms with Crippen LogP contribution in [0.5, 0.6) is 0 Å². The standard InChI is InChI=1S/C10H12F2N2O/c11-7-1-2-10(13-4-7)14-5-8(12)3-9(14)6-15/h1-2,4,8-9,15H,3,5-6H2/t8-,9-/m0/s1. The Balaban J connectivity index is 2.19. The van der Waals surface area contributed by atoms with Crippen LogP contribution >= 0.6 is 0 Å². The van der Waals surface area contributed by atoms with Crippen LogP contribution in [0, 0.1) is 5.82 Å². The van der Waals surface area contributed by atoms with Crippen molar-refractivity contribution < 1.29 is 13.9 Å². The minimum atomic E-state index is -0.950. The zero-order valence-corrected chi connectivity index (χ0v) is 8.11. The average Bonchev–Trinajstić information content (AvgIpc) is 2.61. The van der Waals surface area contributed by atoms with E-state index in [-0.39, 0.29) is 19.2 Å². The van der Waals surface area contributed by atoms with E-state index in [1.165, 1.54) is 12.1 Å². The molecule has 2 heterocycles. The number of aromatic nitrogens is 1. The molecule has 3 nitrogen and oxygen atoms in total. The van der Waals surface area contributed by atoms with Crippen LogP contribution in [-0.2, 0) is 0 Å². The van der Waals surface area contributed by atoms with Gasteiger partial charge in [0.05, 0.1) is 25.4 Å². The Morgan fingerprint density at radius 3 is 2.93 bits per heavy atom. The predicted octanol–water partition coefficient (Wildman–Crippen LogP) is 1.13. The van der Waals surface area contributed by atoms with Gasteiger partial charge in [0.2, 0.25) is 0 Å². The Hall–Kier alpha value is -1.23. The lowest BCUT2D eigenvalue weighted by atomic mass is 10.2. The van der Waals surface area contributed by atoms with Gasteiger partial charge >= 0.3 is 0 Å². The fourth-order valence-corrected chi connectivity index (χ4v) is 1.85. The number of hydrogen-bond donors (Lipinski definition) is 1. The number of aliphatic hydroxyl groups is 1. The maximum Gasteiger partial charge on any atom is 0.141 e.